The second-order valence-corrected chi connectivity index (χ2v) is 6.65. The van der Waals surface area contributed by atoms with Crippen LogP contribution in [0.5, 0.6) is 5.75 Å². The van der Waals surface area contributed by atoms with E-state index in [0.29, 0.717) is 18.8 Å². The number of nitrogens with zero attached hydrogens (tertiary/aromatic N) is 2. The van der Waals surface area contributed by atoms with E-state index >= 15 is 0 Å². The van der Waals surface area contributed by atoms with Gasteiger partial charge in [-0.15, -0.1) is 0 Å². The molecule has 0 unspecified atom stereocenters. The monoisotopic (exact) mass is 360 g/mol. The SMILES string of the molecule is OCCN(Cc1cccnc1)[C@H]1CCC[C@@H](Oc2ccc(F)cc2)[C@@H]1O. The van der Waals surface area contributed by atoms with Gasteiger partial charge in [0.15, 0.2) is 0 Å². The minimum absolute atomic E-state index is 0.0208. The Hall–Kier alpha value is -2.02. The second-order valence-electron chi connectivity index (χ2n) is 6.65. The largest absolute Gasteiger partial charge is 0.488 e. The van der Waals surface area contributed by atoms with Crippen molar-refractivity contribution in [1.82, 2.24) is 9.88 Å². The summed E-state index contributed by atoms with van der Waals surface area (Å²) in [6.07, 6.45) is 4.99. The van der Waals surface area contributed by atoms with E-state index in [9.17, 15) is 14.6 Å². The standard InChI is InChI=1S/C20H25FN2O3/c21-16-6-8-17(9-7-16)26-19-5-1-4-18(20(19)25)23(11-12-24)14-15-3-2-10-22-13-15/h2-3,6-10,13,18-20,24-25H,1,4-5,11-12,14H2/t18-,19+,20+/m0/s1. The van der Waals surface area contributed by atoms with Gasteiger partial charge in [-0.2, -0.15) is 0 Å². The fourth-order valence-electron chi connectivity index (χ4n) is 3.55. The van der Waals surface area contributed by atoms with Gasteiger partial charge in [-0.1, -0.05) is 6.07 Å². The van der Waals surface area contributed by atoms with Gasteiger partial charge < -0.3 is 14.9 Å². The zero-order valence-electron chi connectivity index (χ0n) is 14.7. The average Bonchev–Trinajstić information content (AvgIpc) is 2.66. The first kappa shape index (κ1) is 18.8. The Bertz CT molecular complexity index is 669. The second kappa shape index (κ2) is 9.07. The van der Waals surface area contributed by atoms with E-state index < -0.39 is 6.10 Å². The molecule has 0 amide bonds. The quantitative estimate of drug-likeness (QED) is 0.794. The zero-order chi connectivity index (χ0) is 18.4. The molecule has 0 radical (unpaired) electrons. The van der Waals surface area contributed by atoms with Gasteiger partial charge in [0.05, 0.1) is 6.61 Å². The molecule has 3 atom stereocenters. The van der Waals surface area contributed by atoms with Crippen molar-refractivity contribution in [3.05, 3.63) is 60.2 Å². The third-order valence-corrected chi connectivity index (χ3v) is 4.83. The molecule has 2 N–H and O–H groups in total. The number of ether oxygens (including phenoxy) is 1. The van der Waals surface area contributed by atoms with Gasteiger partial charge in [0.25, 0.3) is 0 Å². The maximum absolute atomic E-state index is 13.1. The molecule has 0 bridgehead atoms. The Labute approximate surface area is 153 Å². The van der Waals surface area contributed by atoms with Gasteiger partial charge in [-0.3, -0.25) is 9.88 Å². The van der Waals surface area contributed by atoms with Crippen molar-refractivity contribution in [3.63, 3.8) is 0 Å². The molecular weight excluding hydrogens is 335 g/mol. The summed E-state index contributed by atoms with van der Waals surface area (Å²) in [6, 6.07) is 9.61. The molecule has 140 valence electrons. The normalized spacial score (nSPS) is 23.2. The van der Waals surface area contributed by atoms with Gasteiger partial charge in [0, 0.05) is 31.5 Å². The highest BCUT2D eigenvalue weighted by Gasteiger charge is 2.36. The first-order valence-corrected chi connectivity index (χ1v) is 9.01. The number of benzene rings is 1. The Morgan fingerprint density at radius 1 is 1.19 bits per heavy atom. The third-order valence-electron chi connectivity index (χ3n) is 4.83. The highest BCUT2D eigenvalue weighted by atomic mass is 19.1. The van der Waals surface area contributed by atoms with Crippen LogP contribution in [0.4, 0.5) is 4.39 Å². The number of pyridine rings is 1. The van der Waals surface area contributed by atoms with Crippen molar-refractivity contribution < 1.29 is 19.3 Å². The molecular formula is C20H25FN2O3. The topological polar surface area (TPSA) is 65.8 Å². The van der Waals surface area contributed by atoms with Gasteiger partial charge >= 0.3 is 0 Å². The molecule has 1 aromatic heterocycles. The smallest absolute Gasteiger partial charge is 0.126 e. The predicted octanol–water partition coefficient (Wildman–Crippen LogP) is 2.38. The molecule has 0 aliphatic heterocycles. The third kappa shape index (κ3) is 4.78. The molecule has 26 heavy (non-hydrogen) atoms. The van der Waals surface area contributed by atoms with Crippen molar-refractivity contribution in [2.24, 2.45) is 0 Å². The number of hydrogen-bond donors (Lipinski definition) is 2. The number of aliphatic hydroxyl groups is 2. The van der Waals surface area contributed by atoms with Crippen molar-refractivity contribution in [3.8, 4) is 5.75 Å². The minimum atomic E-state index is -0.683. The van der Waals surface area contributed by atoms with Crippen molar-refractivity contribution in [2.75, 3.05) is 13.2 Å². The molecule has 1 aliphatic rings. The van der Waals surface area contributed by atoms with Crippen LogP contribution in [0.25, 0.3) is 0 Å². The Morgan fingerprint density at radius 3 is 2.69 bits per heavy atom. The van der Waals surface area contributed by atoms with Crippen molar-refractivity contribution in [2.45, 2.75) is 44.1 Å². The van der Waals surface area contributed by atoms with Gasteiger partial charge in [0.1, 0.15) is 23.8 Å². The minimum Gasteiger partial charge on any atom is -0.488 e. The van der Waals surface area contributed by atoms with Crippen LogP contribution >= 0.6 is 0 Å². The number of rotatable bonds is 7. The van der Waals surface area contributed by atoms with Crippen molar-refractivity contribution in [1.29, 1.82) is 0 Å². The van der Waals surface area contributed by atoms with E-state index in [0.717, 1.165) is 24.8 Å². The fourth-order valence-corrected chi connectivity index (χ4v) is 3.55. The first-order valence-electron chi connectivity index (χ1n) is 9.01. The molecule has 1 fully saturated rings. The summed E-state index contributed by atoms with van der Waals surface area (Å²) in [4.78, 5) is 6.22. The van der Waals surface area contributed by atoms with E-state index in [1.54, 1.807) is 24.5 Å². The van der Waals surface area contributed by atoms with Crippen LogP contribution in [-0.4, -0.2) is 51.5 Å². The summed E-state index contributed by atoms with van der Waals surface area (Å²) in [6.45, 7) is 1.10. The molecule has 0 spiro atoms. The summed E-state index contributed by atoms with van der Waals surface area (Å²) >= 11 is 0. The van der Waals surface area contributed by atoms with E-state index in [1.807, 2.05) is 12.1 Å². The summed E-state index contributed by atoms with van der Waals surface area (Å²) < 4.78 is 19.0. The molecule has 1 aromatic carbocycles. The maximum atomic E-state index is 13.1. The van der Waals surface area contributed by atoms with Crippen LogP contribution in [0.3, 0.4) is 0 Å². The molecule has 1 saturated carbocycles. The van der Waals surface area contributed by atoms with Crippen LogP contribution in [0.15, 0.2) is 48.8 Å². The number of hydrogen-bond acceptors (Lipinski definition) is 5. The molecule has 0 saturated heterocycles. The lowest BCUT2D eigenvalue weighted by Crippen LogP contribution is -2.53. The first-order chi connectivity index (χ1) is 12.7. The zero-order valence-corrected chi connectivity index (χ0v) is 14.7. The van der Waals surface area contributed by atoms with Gasteiger partial charge in [-0.05, 0) is 55.2 Å². The molecule has 3 rings (SSSR count). The summed E-state index contributed by atoms with van der Waals surface area (Å²) in [5, 5.41) is 20.3. The van der Waals surface area contributed by atoms with E-state index in [4.69, 9.17) is 4.74 Å². The fraction of sp³-hybridized carbons (Fsp3) is 0.450. The van der Waals surface area contributed by atoms with Crippen molar-refractivity contribution >= 4 is 0 Å². The van der Waals surface area contributed by atoms with E-state index in [-0.39, 0.29) is 24.6 Å². The van der Waals surface area contributed by atoms with Crippen LogP contribution < -0.4 is 4.74 Å². The lowest BCUT2D eigenvalue weighted by molar-refractivity contribution is -0.0586. The van der Waals surface area contributed by atoms with Crippen LogP contribution in [0.2, 0.25) is 0 Å². The summed E-state index contributed by atoms with van der Waals surface area (Å²) in [5.74, 6) is 0.238. The number of halogens is 1. The highest BCUT2D eigenvalue weighted by molar-refractivity contribution is 5.22. The molecule has 5 nitrogen and oxygen atoms in total. The van der Waals surface area contributed by atoms with Crippen LogP contribution in [-0.2, 0) is 6.54 Å². The summed E-state index contributed by atoms with van der Waals surface area (Å²) in [5.41, 5.74) is 1.04. The highest BCUT2D eigenvalue weighted by Crippen LogP contribution is 2.28. The predicted molar refractivity (Wildman–Crippen MR) is 96.2 cm³/mol. The number of aromatic nitrogens is 1. The lowest BCUT2D eigenvalue weighted by Gasteiger charge is -2.41. The van der Waals surface area contributed by atoms with Crippen LogP contribution in [0, 0.1) is 5.82 Å². The molecule has 1 heterocycles. The molecule has 2 aromatic rings. The van der Waals surface area contributed by atoms with Gasteiger partial charge in [0.2, 0.25) is 0 Å². The number of aliphatic hydroxyl groups excluding tert-OH is 2. The Kier molecular flexibility index (Phi) is 6.55. The average molecular weight is 360 g/mol. The van der Waals surface area contributed by atoms with Gasteiger partial charge in [-0.25, -0.2) is 4.39 Å². The molecule has 1 aliphatic carbocycles. The summed E-state index contributed by atoms with van der Waals surface area (Å²) in [7, 11) is 0. The Balaban J connectivity index is 1.69. The molecule has 6 heteroatoms. The Morgan fingerprint density at radius 2 is 2.00 bits per heavy atom. The van der Waals surface area contributed by atoms with E-state index in [2.05, 4.69) is 9.88 Å². The maximum Gasteiger partial charge on any atom is 0.126 e. The van der Waals surface area contributed by atoms with Crippen LogP contribution in [0.1, 0.15) is 24.8 Å². The van der Waals surface area contributed by atoms with E-state index in [1.165, 1.54) is 12.1 Å². The lowest BCUT2D eigenvalue weighted by atomic mass is 9.88.